The first kappa shape index (κ1) is 15.0. The van der Waals surface area contributed by atoms with Gasteiger partial charge in [-0.1, -0.05) is 54.1 Å². The molecule has 0 spiro atoms. The van der Waals surface area contributed by atoms with Crippen LogP contribution >= 0.6 is 11.6 Å². The van der Waals surface area contributed by atoms with Gasteiger partial charge >= 0.3 is 0 Å². The Balaban J connectivity index is 2.08. The maximum Gasteiger partial charge on any atom is 0.142 e. The van der Waals surface area contributed by atoms with E-state index in [-0.39, 0.29) is 17.7 Å². The number of hydrogen-bond acceptors (Lipinski definition) is 2. The number of rotatable bonds is 6. The first-order valence-electron chi connectivity index (χ1n) is 6.54. The third kappa shape index (κ3) is 3.79. The maximum atomic E-state index is 13.4. The van der Waals surface area contributed by atoms with Crippen LogP contribution in [-0.4, -0.2) is 11.7 Å². The lowest BCUT2D eigenvalue weighted by Gasteiger charge is -2.19. The molecule has 2 N–H and O–H groups in total. The molecule has 0 amide bonds. The summed E-state index contributed by atoms with van der Waals surface area (Å²) < 4.78 is 13.4. The SMILES string of the molecule is OCCC(NCc1cccc(F)c1Cl)c1ccccc1. The zero-order valence-corrected chi connectivity index (χ0v) is 11.8. The molecule has 20 heavy (non-hydrogen) atoms. The zero-order valence-electron chi connectivity index (χ0n) is 11.0. The fourth-order valence-corrected chi connectivity index (χ4v) is 2.31. The Labute approximate surface area is 123 Å². The average Bonchev–Trinajstić information content (AvgIpc) is 2.48. The molecule has 1 atom stereocenters. The zero-order chi connectivity index (χ0) is 14.4. The number of aliphatic hydroxyl groups is 1. The Bertz CT molecular complexity index is 547. The van der Waals surface area contributed by atoms with Gasteiger partial charge in [-0.15, -0.1) is 0 Å². The molecular formula is C16H17ClFNO. The summed E-state index contributed by atoms with van der Waals surface area (Å²) >= 11 is 5.94. The van der Waals surface area contributed by atoms with Crippen molar-refractivity contribution in [3.8, 4) is 0 Å². The van der Waals surface area contributed by atoms with Crippen LogP contribution in [0.3, 0.4) is 0 Å². The number of nitrogens with one attached hydrogen (secondary N) is 1. The molecule has 0 fully saturated rings. The Kier molecular flexibility index (Phi) is 5.53. The third-order valence-corrected chi connectivity index (χ3v) is 3.61. The fourth-order valence-electron chi connectivity index (χ4n) is 2.12. The standard InChI is InChI=1S/C16H17ClFNO/c17-16-13(7-4-8-14(16)18)11-19-15(9-10-20)12-5-2-1-3-6-12/h1-8,15,19-20H,9-11H2. The highest BCUT2D eigenvalue weighted by Gasteiger charge is 2.12. The molecule has 0 radical (unpaired) electrons. The van der Waals surface area contributed by atoms with Crippen LogP contribution in [0.15, 0.2) is 48.5 Å². The number of aliphatic hydroxyl groups excluding tert-OH is 1. The minimum Gasteiger partial charge on any atom is -0.396 e. The highest BCUT2D eigenvalue weighted by molar-refractivity contribution is 6.31. The van der Waals surface area contributed by atoms with Crippen LogP contribution in [0.25, 0.3) is 0 Å². The van der Waals surface area contributed by atoms with E-state index in [0.29, 0.717) is 18.5 Å². The molecule has 1 unspecified atom stereocenters. The van der Waals surface area contributed by atoms with Gasteiger partial charge in [0.15, 0.2) is 0 Å². The minimum absolute atomic E-state index is 0.0144. The van der Waals surface area contributed by atoms with Crippen LogP contribution in [-0.2, 0) is 6.54 Å². The summed E-state index contributed by atoms with van der Waals surface area (Å²) in [4.78, 5) is 0. The second-order valence-electron chi connectivity index (χ2n) is 4.57. The normalized spacial score (nSPS) is 12.3. The highest BCUT2D eigenvalue weighted by Crippen LogP contribution is 2.22. The Morgan fingerprint density at radius 3 is 2.55 bits per heavy atom. The Morgan fingerprint density at radius 1 is 1.10 bits per heavy atom. The lowest BCUT2D eigenvalue weighted by atomic mass is 10.0. The molecule has 0 saturated heterocycles. The Hall–Kier alpha value is -1.42. The van der Waals surface area contributed by atoms with Crippen molar-refractivity contribution in [2.75, 3.05) is 6.61 Å². The first-order valence-corrected chi connectivity index (χ1v) is 6.92. The monoisotopic (exact) mass is 293 g/mol. The summed E-state index contributed by atoms with van der Waals surface area (Å²) in [6, 6.07) is 14.6. The second-order valence-corrected chi connectivity index (χ2v) is 4.95. The molecule has 2 aromatic rings. The third-order valence-electron chi connectivity index (χ3n) is 3.19. The molecule has 2 rings (SSSR count). The molecule has 0 aromatic heterocycles. The van der Waals surface area contributed by atoms with Crippen molar-refractivity contribution >= 4 is 11.6 Å². The molecule has 0 aliphatic carbocycles. The second kappa shape index (κ2) is 7.39. The molecule has 106 valence electrons. The largest absolute Gasteiger partial charge is 0.396 e. The summed E-state index contributed by atoms with van der Waals surface area (Å²) in [5.41, 5.74) is 1.81. The molecule has 2 nitrogen and oxygen atoms in total. The van der Waals surface area contributed by atoms with E-state index in [1.807, 2.05) is 30.3 Å². The van der Waals surface area contributed by atoms with Crippen molar-refractivity contribution in [3.05, 3.63) is 70.5 Å². The average molecular weight is 294 g/mol. The van der Waals surface area contributed by atoms with E-state index < -0.39 is 5.82 Å². The summed E-state index contributed by atoms with van der Waals surface area (Å²) in [6.45, 7) is 0.541. The van der Waals surface area contributed by atoms with E-state index in [0.717, 1.165) is 5.56 Å². The van der Waals surface area contributed by atoms with Gasteiger partial charge < -0.3 is 10.4 Å². The van der Waals surface area contributed by atoms with Crippen LogP contribution in [0.5, 0.6) is 0 Å². The van der Waals surface area contributed by atoms with E-state index in [9.17, 15) is 4.39 Å². The van der Waals surface area contributed by atoms with Gasteiger partial charge in [0.1, 0.15) is 5.82 Å². The summed E-state index contributed by atoms with van der Waals surface area (Å²) in [5, 5.41) is 12.6. The number of halogens is 2. The molecule has 2 aromatic carbocycles. The molecule has 4 heteroatoms. The van der Waals surface area contributed by atoms with Crippen LogP contribution in [0.4, 0.5) is 4.39 Å². The predicted molar refractivity (Wildman–Crippen MR) is 79.1 cm³/mol. The van der Waals surface area contributed by atoms with Crippen molar-refractivity contribution in [3.63, 3.8) is 0 Å². The topological polar surface area (TPSA) is 32.3 Å². The van der Waals surface area contributed by atoms with Crippen molar-refractivity contribution in [2.45, 2.75) is 19.0 Å². The van der Waals surface area contributed by atoms with E-state index in [2.05, 4.69) is 5.32 Å². The smallest absolute Gasteiger partial charge is 0.142 e. The van der Waals surface area contributed by atoms with Crippen molar-refractivity contribution in [1.82, 2.24) is 5.32 Å². The van der Waals surface area contributed by atoms with E-state index >= 15 is 0 Å². The van der Waals surface area contributed by atoms with Crippen LogP contribution in [0.2, 0.25) is 5.02 Å². The lowest BCUT2D eigenvalue weighted by molar-refractivity contribution is 0.265. The summed E-state index contributed by atoms with van der Waals surface area (Å²) in [5.74, 6) is -0.413. The first-order chi connectivity index (χ1) is 9.72. The molecular weight excluding hydrogens is 277 g/mol. The fraction of sp³-hybridized carbons (Fsp3) is 0.250. The van der Waals surface area contributed by atoms with Gasteiger partial charge in [-0.3, -0.25) is 0 Å². The van der Waals surface area contributed by atoms with E-state index in [1.54, 1.807) is 12.1 Å². The maximum absolute atomic E-state index is 13.4. The van der Waals surface area contributed by atoms with Gasteiger partial charge in [-0.2, -0.15) is 0 Å². The van der Waals surface area contributed by atoms with Gasteiger partial charge in [0, 0.05) is 19.2 Å². The Morgan fingerprint density at radius 2 is 1.85 bits per heavy atom. The predicted octanol–water partition coefficient (Wildman–Crippen LogP) is 3.69. The lowest BCUT2D eigenvalue weighted by Crippen LogP contribution is -2.22. The quantitative estimate of drug-likeness (QED) is 0.851. The molecule has 0 bridgehead atoms. The molecule has 0 saturated carbocycles. The van der Waals surface area contributed by atoms with E-state index in [4.69, 9.17) is 16.7 Å². The van der Waals surface area contributed by atoms with Crippen LogP contribution in [0, 0.1) is 5.82 Å². The number of benzene rings is 2. The molecule has 0 heterocycles. The summed E-state index contributed by atoms with van der Waals surface area (Å²) in [7, 11) is 0. The minimum atomic E-state index is -0.413. The van der Waals surface area contributed by atoms with E-state index in [1.165, 1.54) is 6.07 Å². The molecule has 0 aliphatic rings. The van der Waals surface area contributed by atoms with Gasteiger partial charge in [0.25, 0.3) is 0 Å². The number of hydrogen-bond donors (Lipinski definition) is 2. The van der Waals surface area contributed by atoms with Crippen molar-refractivity contribution in [2.24, 2.45) is 0 Å². The van der Waals surface area contributed by atoms with Crippen LogP contribution in [0.1, 0.15) is 23.6 Å². The van der Waals surface area contributed by atoms with Crippen molar-refractivity contribution in [1.29, 1.82) is 0 Å². The summed E-state index contributed by atoms with van der Waals surface area (Å²) in [6.07, 6.45) is 0.594. The van der Waals surface area contributed by atoms with Gasteiger partial charge in [-0.05, 0) is 23.6 Å². The van der Waals surface area contributed by atoms with Gasteiger partial charge in [0.05, 0.1) is 5.02 Å². The highest BCUT2D eigenvalue weighted by atomic mass is 35.5. The van der Waals surface area contributed by atoms with Crippen molar-refractivity contribution < 1.29 is 9.50 Å². The van der Waals surface area contributed by atoms with Gasteiger partial charge in [0.2, 0.25) is 0 Å². The van der Waals surface area contributed by atoms with Gasteiger partial charge in [-0.25, -0.2) is 4.39 Å². The molecule has 0 aliphatic heterocycles. The van der Waals surface area contributed by atoms with Crippen LogP contribution < -0.4 is 5.32 Å².